The van der Waals surface area contributed by atoms with Crippen LogP contribution in [0.3, 0.4) is 0 Å². The van der Waals surface area contributed by atoms with E-state index in [-0.39, 0.29) is 22.9 Å². The van der Waals surface area contributed by atoms with E-state index >= 15 is 0 Å². The summed E-state index contributed by atoms with van der Waals surface area (Å²) in [5.74, 6) is -0.239. The number of nitrogens with zero attached hydrogens (tertiary/aromatic N) is 3. The number of amides is 1. The van der Waals surface area contributed by atoms with Crippen molar-refractivity contribution >= 4 is 40.8 Å². The molecule has 1 amide bonds. The Hall–Kier alpha value is -2.74. The van der Waals surface area contributed by atoms with Gasteiger partial charge in [-0.15, -0.1) is 0 Å². The van der Waals surface area contributed by atoms with Gasteiger partial charge in [0.15, 0.2) is 0 Å². The number of nitriles is 2. The second-order valence-electron chi connectivity index (χ2n) is 4.76. The maximum absolute atomic E-state index is 12.3. The normalized spacial score (nSPS) is 11.2. The largest absolute Gasteiger partial charge is 0.383 e. The first-order chi connectivity index (χ1) is 11.4. The highest BCUT2D eigenvalue weighted by atomic mass is 35.5. The predicted molar refractivity (Wildman–Crippen MR) is 93.5 cm³/mol. The quantitative estimate of drug-likeness (QED) is 0.812. The first kappa shape index (κ1) is 17.6. The minimum Gasteiger partial charge on any atom is -0.383 e. The second-order valence-corrected chi connectivity index (χ2v) is 6.52. The number of benzene rings is 1. The van der Waals surface area contributed by atoms with Gasteiger partial charge in [0.1, 0.15) is 23.0 Å². The van der Waals surface area contributed by atoms with Crippen molar-refractivity contribution in [1.29, 1.82) is 10.5 Å². The topological polar surface area (TPSA) is 116 Å². The highest BCUT2D eigenvalue weighted by Gasteiger charge is 2.19. The lowest BCUT2D eigenvalue weighted by Gasteiger charge is -2.13. The number of halogens is 1. The average Bonchev–Trinajstić information content (AvgIpc) is 2.55. The van der Waals surface area contributed by atoms with Crippen molar-refractivity contribution in [2.75, 3.05) is 11.1 Å². The zero-order valence-electron chi connectivity index (χ0n) is 12.6. The van der Waals surface area contributed by atoms with Gasteiger partial charge < -0.3 is 11.1 Å². The molecule has 1 heterocycles. The number of aromatic nitrogens is 1. The molecule has 24 heavy (non-hydrogen) atoms. The summed E-state index contributed by atoms with van der Waals surface area (Å²) in [4.78, 5) is 16.3. The van der Waals surface area contributed by atoms with Gasteiger partial charge in [0, 0.05) is 10.7 Å². The van der Waals surface area contributed by atoms with Crippen LogP contribution < -0.4 is 11.1 Å². The summed E-state index contributed by atoms with van der Waals surface area (Å²) in [5.41, 5.74) is 6.59. The van der Waals surface area contributed by atoms with Crippen LogP contribution >= 0.6 is 23.4 Å². The van der Waals surface area contributed by atoms with Crippen LogP contribution in [0.4, 0.5) is 11.5 Å². The molecule has 1 atom stereocenters. The minimum atomic E-state index is -0.532. The number of nitrogens with one attached hydrogen (secondary N) is 1. The van der Waals surface area contributed by atoms with Crippen LogP contribution in [0.25, 0.3) is 0 Å². The van der Waals surface area contributed by atoms with E-state index in [2.05, 4.69) is 10.3 Å². The molecular weight excluding hydrogens is 346 g/mol. The second kappa shape index (κ2) is 7.69. The summed E-state index contributed by atoms with van der Waals surface area (Å²) in [6.45, 7) is 1.68. The SMILES string of the molecule is C[C@@H](Sc1nc(N)c(C#N)cc1C#N)C(=O)Nc1cccc(Cl)c1. The van der Waals surface area contributed by atoms with Crippen molar-refractivity contribution in [3.8, 4) is 12.1 Å². The van der Waals surface area contributed by atoms with Gasteiger partial charge in [-0.25, -0.2) is 4.98 Å². The minimum absolute atomic E-state index is 0.0291. The smallest absolute Gasteiger partial charge is 0.237 e. The molecule has 0 radical (unpaired) electrons. The predicted octanol–water partition coefficient (Wildman–Crippen LogP) is 3.18. The molecule has 3 N–H and O–H groups in total. The van der Waals surface area contributed by atoms with Crippen LogP contribution in [0.1, 0.15) is 18.1 Å². The number of nitrogen functional groups attached to an aromatic ring is 1. The maximum atomic E-state index is 12.3. The third-order valence-corrected chi connectivity index (χ3v) is 4.34. The van der Waals surface area contributed by atoms with Gasteiger partial charge in [0.2, 0.25) is 5.91 Å². The molecule has 0 saturated carbocycles. The third kappa shape index (κ3) is 4.17. The van der Waals surface area contributed by atoms with E-state index in [4.69, 9.17) is 22.6 Å². The van der Waals surface area contributed by atoms with Crippen molar-refractivity contribution in [1.82, 2.24) is 4.98 Å². The Morgan fingerprint density at radius 1 is 1.33 bits per heavy atom. The molecule has 0 spiro atoms. The number of carbonyl (C=O) groups is 1. The molecule has 0 unspecified atom stereocenters. The van der Waals surface area contributed by atoms with Crippen molar-refractivity contribution in [2.45, 2.75) is 17.2 Å². The van der Waals surface area contributed by atoms with Crippen molar-refractivity contribution in [3.05, 3.63) is 46.5 Å². The summed E-state index contributed by atoms with van der Waals surface area (Å²) in [6.07, 6.45) is 0. The summed E-state index contributed by atoms with van der Waals surface area (Å²) in [5, 5.41) is 21.1. The number of pyridine rings is 1. The van der Waals surface area contributed by atoms with Gasteiger partial charge in [0.05, 0.1) is 16.4 Å². The number of hydrogen-bond acceptors (Lipinski definition) is 6. The number of carbonyl (C=O) groups excluding carboxylic acids is 1. The van der Waals surface area contributed by atoms with Gasteiger partial charge >= 0.3 is 0 Å². The molecule has 0 bridgehead atoms. The molecule has 120 valence electrons. The Labute approximate surface area is 148 Å². The van der Waals surface area contributed by atoms with Gasteiger partial charge in [-0.2, -0.15) is 10.5 Å². The van der Waals surface area contributed by atoms with Crippen LogP contribution in [0, 0.1) is 22.7 Å². The van der Waals surface area contributed by atoms with Gasteiger partial charge in [-0.1, -0.05) is 29.4 Å². The lowest BCUT2D eigenvalue weighted by atomic mass is 10.2. The molecule has 8 heteroatoms. The molecule has 0 saturated heterocycles. The van der Waals surface area contributed by atoms with Gasteiger partial charge in [-0.3, -0.25) is 4.79 Å². The van der Waals surface area contributed by atoms with Gasteiger partial charge in [0.25, 0.3) is 0 Å². The molecule has 1 aromatic carbocycles. The van der Waals surface area contributed by atoms with Gasteiger partial charge in [-0.05, 0) is 31.2 Å². The highest BCUT2D eigenvalue weighted by Crippen LogP contribution is 2.28. The van der Waals surface area contributed by atoms with Crippen LogP contribution in [0.5, 0.6) is 0 Å². The third-order valence-electron chi connectivity index (χ3n) is 3.01. The monoisotopic (exact) mass is 357 g/mol. The Bertz CT molecular complexity index is 872. The Kier molecular flexibility index (Phi) is 5.64. The summed E-state index contributed by atoms with van der Waals surface area (Å²) < 4.78 is 0. The standard InChI is InChI=1S/C16H12ClN5OS/c1-9(15(23)21-13-4-2-3-12(17)6-13)24-16-11(8-19)5-10(7-18)14(20)22-16/h2-6,9H,1H3,(H2,20,22)(H,21,23)/t9-/m1/s1. The molecular formula is C16H12ClN5OS. The summed E-state index contributed by atoms with van der Waals surface area (Å²) in [6, 6.07) is 12.0. The van der Waals surface area contributed by atoms with Crippen LogP contribution in [-0.2, 0) is 4.79 Å². The maximum Gasteiger partial charge on any atom is 0.237 e. The lowest BCUT2D eigenvalue weighted by molar-refractivity contribution is -0.115. The molecule has 2 aromatic rings. The van der Waals surface area contributed by atoms with Crippen LogP contribution in [0.2, 0.25) is 5.02 Å². The molecule has 0 aliphatic rings. The van der Waals surface area contributed by atoms with E-state index in [0.29, 0.717) is 15.7 Å². The number of anilines is 2. The Morgan fingerprint density at radius 3 is 2.67 bits per heavy atom. The molecule has 6 nitrogen and oxygen atoms in total. The average molecular weight is 358 g/mol. The summed E-state index contributed by atoms with van der Waals surface area (Å²) in [7, 11) is 0. The van der Waals surface area contributed by atoms with E-state index in [1.165, 1.54) is 6.07 Å². The van der Waals surface area contributed by atoms with E-state index in [1.807, 2.05) is 12.1 Å². The van der Waals surface area contributed by atoms with Crippen molar-refractivity contribution < 1.29 is 4.79 Å². The molecule has 1 aromatic heterocycles. The molecule has 2 rings (SSSR count). The molecule has 0 aliphatic carbocycles. The van der Waals surface area contributed by atoms with Crippen molar-refractivity contribution in [2.24, 2.45) is 0 Å². The Balaban J connectivity index is 2.16. The number of rotatable bonds is 4. The molecule has 0 aliphatic heterocycles. The fourth-order valence-corrected chi connectivity index (χ4v) is 2.87. The first-order valence-corrected chi connectivity index (χ1v) is 8.04. The van der Waals surface area contributed by atoms with E-state index < -0.39 is 5.25 Å². The fourth-order valence-electron chi connectivity index (χ4n) is 1.80. The lowest BCUT2D eigenvalue weighted by Crippen LogP contribution is -2.22. The van der Waals surface area contributed by atoms with Crippen LogP contribution in [-0.4, -0.2) is 16.1 Å². The fraction of sp³-hybridized carbons (Fsp3) is 0.125. The summed E-state index contributed by atoms with van der Waals surface area (Å²) >= 11 is 6.97. The van der Waals surface area contributed by atoms with E-state index in [1.54, 1.807) is 31.2 Å². The molecule has 0 fully saturated rings. The van der Waals surface area contributed by atoms with E-state index in [9.17, 15) is 10.1 Å². The number of hydrogen-bond donors (Lipinski definition) is 2. The highest BCUT2D eigenvalue weighted by molar-refractivity contribution is 8.00. The first-order valence-electron chi connectivity index (χ1n) is 6.78. The Morgan fingerprint density at radius 2 is 2.04 bits per heavy atom. The van der Waals surface area contributed by atoms with E-state index in [0.717, 1.165) is 11.8 Å². The zero-order valence-corrected chi connectivity index (χ0v) is 14.1. The zero-order chi connectivity index (χ0) is 17.7. The number of thioether (sulfide) groups is 1. The number of nitrogens with two attached hydrogens (primary N) is 1. The van der Waals surface area contributed by atoms with Crippen LogP contribution in [0.15, 0.2) is 35.4 Å². The van der Waals surface area contributed by atoms with Crippen molar-refractivity contribution in [3.63, 3.8) is 0 Å².